The van der Waals surface area contributed by atoms with Gasteiger partial charge in [0.25, 0.3) is 0 Å². The molecule has 0 aliphatic carbocycles. The molecule has 0 aliphatic rings. The molecule has 5 nitrogen and oxygen atoms in total. The summed E-state index contributed by atoms with van der Waals surface area (Å²) in [6.07, 6.45) is 0.0259. The molecule has 1 atom stereocenters. The second kappa shape index (κ2) is 6.84. The highest BCUT2D eigenvalue weighted by molar-refractivity contribution is 7.89. The van der Waals surface area contributed by atoms with Crippen molar-refractivity contribution in [2.24, 2.45) is 0 Å². The Balaban J connectivity index is 2.67. The monoisotopic (exact) mass is 273 g/mol. The van der Waals surface area contributed by atoms with Crippen LogP contribution in [-0.4, -0.2) is 33.8 Å². The number of aliphatic hydroxyl groups is 1. The van der Waals surface area contributed by atoms with E-state index in [-0.39, 0.29) is 4.90 Å². The number of aliphatic hydroxyl groups excluding tert-OH is 1. The van der Waals surface area contributed by atoms with E-state index in [1.54, 1.807) is 26.2 Å². The van der Waals surface area contributed by atoms with Crippen molar-refractivity contribution in [2.75, 3.05) is 20.3 Å². The largest absolute Gasteiger partial charge is 0.389 e. The molecule has 2 N–H and O–H groups in total. The molecule has 1 aromatic carbocycles. The Morgan fingerprint density at radius 2 is 1.94 bits per heavy atom. The summed E-state index contributed by atoms with van der Waals surface area (Å²) in [6.45, 7) is 2.49. The van der Waals surface area contributed by atoms with Crippen molar-refractivity contribution in [1.82, 2.24) is 4.72 Å². The molecule has 1 rings (SSSR count). The quantitative estimate of drug-likeness (QED) is 0.728. The Bertz CT molecular complexity index is 453. The lowest BCUT2D eigenvalue weighted by Gasteiger charge is -2.08. The van der Waals surface area contributed by atoms with Crippen LogP contribution in [0.5, 0.6) is 0 Å². The fraction of sp³-hybridized carbons (Fsp3) is 0.500. The van der Waals surface area contributed by atoms with Crippen LogP contribution < -0.4 is 4.72 Å². The van der Waals surface area contributed by atoms with E-state index < -0.39 is 16.1 Å². The molecular formula is C12H19NO4S. The van der Waals surface area contributed by atoms with Crippen molar-refractivity contribution >= 4 is 10.0 Å². The maximum absolute atomic E-state index is 11.9. The SMILES string of the molecule is COCCCNS(=O)(=O)c1ccc(C(C)O)cc1. The molecule has 0 saturated carbocycles. The zero-order chi connectivity index (χ0) is 13.6. The van der Waals surface area contributed by atoms with Crippen LogP contribution in [0.2, 0.25) is 0 Å². The Kier molecular flexibility index (Phi) is 5.74. The van der Waals surface area contributed by atoms with Gasteiger partial charge in [0.1, 0.15) is 0 Å². The summed E-state index contributed by atoms with van der Waals surface area (Å²) in [5.74, 6) is 0. The van der Waals surface area contributed by atoms with Crippen molar-refractivity contribution < 1.29 is 18.3 Å². The minimum absolute atomic E-state index is 0.198. The Hall–Kier alpha value is -0.950. The van der Waals surface area contributed by atoms with Gasteiger partial charge >= 0.3 is 0 Å². The number of hydrogen-bond donors (Lipinski definition) is 2. The molecule has 0 saturated heterocycles. The van der Waals surface area contributed by atoms with Crippen LogP contribution in [0.25, 0.3) is 0 Å². The molecule has 18 heavy (non-hydrogen) atoms. The molecule has 0 amide bonds. The third kappa shape index (κ3) is 4.38. The fourth-order valence-corrected chi connectivity index (χ4v) is 2.51. The van der Waals surface area contributed by atoms with Crippen molar-refractivity contribution in [3.05, 3.63) is 29.8 Å². The van der Waals surface area contributed by atoms with Gasteiger partial charge in [0.2, 0.25) is 10.0 Å². The Morgan fingerprint density at radius 1 is 1.33 bits per heavy atom. The van der Waals surface area contributed by atoms with E-state index in [4.69, 9.17) is 4.74 Å². The molecule has 0 spiro atoms. The molecule has 0 heterocycles. The van der Waals surface area contributed by atoms with Crippen LogP contribution in [0.1, 0.15) is 25.0 Å². The summed E-state index contributed by atoms with van der Waals surface area (Å²) in [4.78, 5) is 0.198. The first-order chi connectivity index (χ1) is 8.47. The van der Waals surface area contributed by atoms with Gasteiger partial charge in [-0.2, -0.15) is 0 Å². The van der Waals surface area contributed by atoms with Gasteiger partial charge in [0.15, 0.2) is 0 Å². The first kappa shape index (κ1) is 15.1. The smallest absolute Gasteiger partial charge is 0.240 e. The second-order valence-electron chi connectivity index (χ2n) is 3.99. The van der Waals surface area contributed by atoms with Crippen LogP contribution in [0.3, 0.4) is 0 Å². The average molecular weight is 273 g/mol. The summed E-state index contributed by atoms with van der Waals surface area (Å²) >= 11 is 0. The minimum Gasteiger partial charge on any atom is -0.389 e. The van der Waals surface area contributed by atoms with Crippen LogP contribution in [0.4, 0.5) is 0 Å². The first-order valence-electron chi connectivity index (χ1n) is 5.74. The number of sulfonamides is 1. The third-order valence-corrected chi connectivity index (χ3v) is 3.97. The molecule has 0 aromatic heterocycles. The van der Waals surface area contributed by atoms with E-state index in [0.717, 1.165) is 0 Å². The number of nitrogens with one attached hydrogen (secondary N) is 1. The van der Waals surface area contributed by atoms with Crippen LogP contribution in [0.15, 0.2) is 29.2 Å². The highest BCUT2D eigenvalue weighted by Crippen LogP contribution is 2.15. The van der Waals surface area contributed by atoms with E-state index in [0.29, 0.717) is 25.1 Å². The summed E-state index contributed by atoms with van der Waals surface area (Å²) in [5, 5.41) is 9.34. The molecular weight excluding hydrogens is 254 g/mol. The average Bonchev–Trinajstić information content (AvgIpc) is 2.35. The van der Waals surface area contributed by atoms with Crippen molar-refractivity contribution in [1.29, 1.82) is 0 Å². The molecule has 6 heteroatoms. The highest BCUT2D eigenvalue weighted by Gasteiger charge is 2.13. The van der Waals surface area contributed by atoms with Gasteiger partial charge in [-0.3, -0.25) is 0 Å². The van der Waals surface area contributed by atoms with Gasteiger partial charge in [-0.25, -0.2) is 13.1 Å². The normalized spacial score (nSPS) is 13.5. The number of hydrogen-bond acceptors (Lipinski definition) is 4. The van der Waals surface area contributed by atoms with Crippen molar-refractivity contribution in [2.45, 2.75) is 24.3 Å². The molecule has 102 valence electrons. The van der Waals surface area contributed by atoms with Gasteiger partial charge < -0.3 is 9.84 Å². The van der Waals surface area contributed by atoms with E-state index >= 15 is 0 Å². The first-order valence-corrected chi connectivity index (χ1v) is 7.22. The molecule has 0 bridgehead atoms. The number of rotatable bonds is 7. The fourth-order valence-electron chi connectivity index (χ4n) is 1.43. The van der Waals surface area contributed by atoms with Crippen LogP contribution in [-0.2, 0) is 14.8 Å². The van der Waals surface area contributed by atoms with Crippen LogP contribution >= 0.6 is 0 Å². The molecule has 1 unspecified atom stereocenters. The molecule has 0 fully saturated rings. The number of methoxy groups -OCH3 is 1. The second-order valence-corrected chi connectivity index (χ2v) is 5.76. The Labute approximate surface area is 108 Å². The van der Waals surface area contributed by atoms with E-state index in [1.165, 1.54) is 12.1 Å². The topological polar surface area (TPSA) is 75.6 Å². The zero-order valence-corrected chi connectivity index (χ0v) is 11.4. The van der Waals surface area contributed by atoms with Gasteiger partial charge in [0, 0.05) is 20.3 Å². The summed E-state index contributed by atoms with van der Waals surface area (Å²) < 4.78 is 31.1. The predicted octanol–water partition coefficient (Wildman–Crippen LogP) is 1.05. The third-order valence-electron chi connectivity index (χ3n) is 2.49. The van der Waals surface area contributed by atoms with Gasteiger partial charge in [-0.1, -0.05) is 12.1 Å². The number of benzene rings is 1. The van der Waals surface area contributed by atoms with Gasteiger partial charge in [0.05, 0.1) is 11.0 Å². The highest BCUT2D eigenvalue weighted by atomic mass is 32.2. The van der Waals surface area contributed by atoms with Crippen molar-refractivity contribution in [3.8, 4) is 0 Å². The lowest BCUT2D eigenvalue weighted by Crippen LogP contribution is -2.25. The van der Waals surface area contributed by atoms with Gasteiger partial charge in [-0.05, 0) is 31.0 Å². The summed E-state index contributed by atoms with van der Waals surface area (Å²) in [6, 6.07) is 6.18. The van der Waals surface area contributed by atoms with Gasteiger partial charge in [-0.15, -0.1) is 0 Å². The lowest BCUT2D eigenvalue weighted by molar-refractivity contribution is 0.196. The maximum atomic E-state index is 11.9. The van der Waals surface area contributed by atoms with E-state index in [1.807, 2.05) is 0 Å². The minimum atomic E-state index is -3.47. The predicted molar refractivity (Wildman–Crippen MR) is 68.8 cm³/mol. The molecule has 0 radical (unpaired) electrons. The summed E-state index contributed by atoms with van der Waals surface area (Å²) in [7, 11) is -1.90. The zero-order valence-electron chi connectivity index (χ0n) is 10.6. The maximum Gasteiger partial charge on any atom is 0.240 e. The number of ether oxygens (including phenoxy) is 1. The summed E-state index contributed by atoms with van der Waals surface area (Å²) in [5.41, 5.74) is 0.688. The van der Waals surface area contributed by atoms with E-state index in [2.05, 4.69) is 4.72 Å². The van der Waals surface area contributed by atoms with Crippen molar-refractivity contribution in [3.63, 3.8) is 0 Å². The molecule has 0 aliphatic heterocycles. The Morgan fingerprint density at radius 3 is 2.44 bits per heavy atom. The van der Waals surface area contributed by atoms with E-state index in [9.17, 15) is 13.5 Å². The lowest BCUT2D eigenvalue weighted by atomic mass is 10.1. The molecule has 1 aromatic rings. The van der Waals surface area contributed by atoms with Crippen LogP contribution in [0, 0.1) is 0 Å². The standard InChI is InChI=1S/C12H19NO4S/c1-10(14)11-4-6-12(7-5-11)18(15,16)13-8-3-9-17-2/h4-7,10,13-14H,3,8-9H2,1-2H3.